The lowest BCUT2D eigenvalue weighted by molar-refractivity contribution is -0.136. The van der Waals surface area contributed by atoms with Crippen LogP contribution in [0.3, 0.4) is 0 Å². The van der Waals surface area contributed by atoms with Crippen LogP contribution in [0.15, 0.2) is 78.9 Å². The number of hydrogen-bond acceptors (Lipinski definition) is 3. The predicted molar refractivity (Wildman–Crippen MR) is 123 cm³/mol. The van der Waals surface area contributed by atoms with Crippen LogP contribution >= 0.6 is 0 Å². The normalized spacial score (nSPS) is 12.9. The molecular formula is C27H29NO3. The van der Waals surface area contributed by atoms with E-state index in [4.69, 9.17) is 0 Å². The highest BCUT2D eigenvalue weighted by molar-refractivity contribution is 6.09. The van der Waals surface area contributed by atoms with Gasteiger partial charge in [0, 0.05) is 17.2 Å². The van der Waals surface area contributed by atoms with Crippen LogP contribution < -0.4 is 0 Å². The standard InChI is InChI=1S/C27H29NO3/c1-18(2)28(20(4)21-13-15-25(29)16-14-21)27(31)19(3)23-11-8-12-24(17-23)26(30)22-9-6-5-7-10-22/h5-20,29H,1-4H3/t19-,20+/m1/s1. The molecule has 3 rings (SSSR count). The van der Waals surface area contributed by atoms with Crippen molar-refractivity contribution in [2.24, 2.45) is 0 Å². The number of rotatable bonds is 7. The fraction of sp³-hybridized carbons (Fsp3) is 0.259. The van der Waals surface area contributed by atoms with Crippen molar-refractivity contribution >= 4 is 11.7 Å². The maximum atomic E-state index is 13.5. The number of nitrogens with zero attached hydrogens (tertiary/aromatic N) is 1. The van der Waals surface area contributed by atoms with Crippen molar-refractivity contribution in [2.75, 3.05) is 0 Å². The Bertz CT molecular complexity index is 1040. The van der Waals surface area contributed by atoms with Crippen LogP contribution in [0.25, 0.3) is 0 Å². The Morgan fingerprint density at radius 1 is 0.742 bits per heavy atom. The van der Waals surface area contributed by atoms with Gasteiger partial charge in [0.1, 0.15) is 5.75 Å². The summed E-state index contributed by atoms with van der Waals surface area (Å²) in [4.78, 5) is 28.2. The van der Waals surface area contributed by atoms with E-state index in [1.807, 2.05) is 81.1 Å². The molecule has 3 aromatic carbocycles. The number of phenolic OH excluding ortho intramolecular Hbond substituents is 1. The Balaban J connectivity index is 1.86. The maximum absolute atomic E-state index is 13.5. The van der Waals surface area contributed by atoms with E-state index in [2.05, 4.69) is 0 Å². The van der Waals surface area contributed by atoms with Crippen LogP contribution in [0.5, 0.6) is 5.75 Å². The van der Waals surface area contributed by atoms with Crippen LogP contribution in [0.4, 0.5) is 0 Å². The zero-order valence-corrected chi connectivity index (χ0v) is 18.4. The van der Waals surface area contributed by atoms with Gasteiger partial charge in [0.15, 0.2) is 5.78 Å². The summed E-state index contributed by atoms with van der Waals surface area (Å²) in [5, 5.41) is 9.58. The Morgan fingerprint density at radius 3 is 1.97 bits per heavy atom. The number of benzene rings is 3. The van der Waals surface area contributed by atoms with Gasteiger partial charge in [-0.2, -0.15) is 0 Å². The quantitative estimate of drug-likeness (QED) is 0.502. The first-order valence-corrected chi connectivity index (χ1v) is 10.6. The predicted octanol–water partition coefficient (Wildman–Crippen LogP) is 5.72. The van der Waals surface area contributed by atoms with Gasteiger partial charge in [0.05, 0.1) is 12.0 Å². The van der Waals surface area contributed by atoms with Crippen LogP contribution in [0, 0.1) is 0 Å². The van der Waals surface area contributed by atoms with Gasteiger partial charge in [-0.15, -0.1) is 0 Å². The number of carbonyl (C=O) groups is 2. The first-order chi connectivity index (χ1) is 14.8. The molecule has 3 aromatic rings. The number of ketones is 1. The minimum absolute atomic E-state index is 0.000106. The molecular weight excluding hydrogens is 386 g/mol. The molecule has 0 bridgehead atoms. The van der Waals surface area contributed by atoms with E-state index in [-0.39, 0.29) is 29.5 Å². The van der Waals surface area contributed by atoms with Gasteiger partial charge in [-0.1, -0.05) is 60.7 Å². The monoisotopic (exact) mass is 415 g/mol. The second kappa shape index (κ2) is 9.61. The van der Waals surface area contributed by atoms with E-state index in [9.17, 15) is 14.7 Å². The number of amides is 1. The lowest BCUT2D eigenvalue weighted by Crippen LogP contribution is -2.41. The molecule has 1 N–H and O–H groups in total. The number of carbonyl (C=O) groups excluding carboxylic acids is 2. The Hall–Kier alpha value is -3.40. The molecule has 0 fully saturated rings. The Labute approximate surface area is 184 Å². The average Bonchev–Trinajstić information content (AvgIpc) is 2.79. The molecule has 0 spiro atoms. The SMILES string of the molecule is CC(C)N(C(=O)[C@H](C)c1cccc(C(=O)c2ccccc2)c1)[C@@H](C)c1ccc(O)cc1. The molecule has 0 radical (unpaired) electrons. The lowest BCUT2D eigenvalue weighted by atomic mass is 9.93. The van der Waals surface area contributed by atoms with Crippen LogP contribution in [0.1, 0.15) is 66.7 Å². The van der Waals surface area contributed by atoms with E-state index in [1.165, 1.54) is 0 Å². The van der Waals surface area contributed by atoms with Crippen molar-refractivity contribution in [3.63, 3.8) is 0 Å². The summed E-state index contributed by atoms with van der Waals surface area (Å²) in [6, 6.07) is 23.3. The molecule has 0 heterocycles. The fourth-order valence-electron chi connectivity index (χ4n) is 3.88. The minimum atomic E-state index is -0.398. The largest absolute Gasteiger partial charge is 0.508 e. The summed E-state index contributed by atoms with van der Waals surface area (Å²) in [5.74, 6) is -0.253. The van der Waals surface area contributed by atoms with E-state index in [0.29, 0.717) is 11.1 Å². The summed E-state index contributed by atoms with van der Waals surface area (Å²) >= 11 is 0. The molecule has 31 heavy (non-hydrogen) atoms. The smallest absolute Gasteiger partial charge is 0.230 e. The average molecular weight is 416 g/mol. The zero-order valence-electron chi connectivity index (χ0n) is 18.4. The highest BCUT2D eigenvalue weighted by atomic mass is 16.3. The molecule has 0 saturated heterocycles. The fourth-order valence-corrected chi connectivity index (χ4v) is 3.88. The minimum Gasteiger partial charge on any atom is -0.508 e. The van der Waals surface area contributed by atoms with Crippen LogP contribution in [-0.2, 0) is 4.79 Å². The van der Waals surface area contributed by atoms with Gasteiger partial charge in [-0.3, -0.25) is 9.59 Å². The second-order valence-corrected chi connectivity index (χ2v) is 8.15. The van der Waals surface area contributed by atoms with E-state index >= 15 is 0 Å². The molecule has 0 saturated carbocycles. The molecule has 0 aliphatic heterocycles. The third-order valence-corrected chi connectivity index (χ3v) is 5.66. The molecule has 0 aromatic heterocycles. The van der Waals surface area contributed by atoms with Gasteiger partial charge in [0.2, 0.25) is 5.91 Å². The van der Waals surface area contributed by atoms with Gasteiger partial charge in [-0.25, -0.2) is 0 Å². The molecule has 160 valence electrons. The van der Waals surface area contributed by atoms with E-state index in [1.54, 1.807) is 30.3 Å². The highest BCUT2D eigenvalue weighted by Gasteiger charge is 2.29. The molecule has 0 aliphatic carbocycles. The van der Waals surface area contributed by atoms with E-state index < -0.39 is 5.92 Å². The Morgan fingerprint density at radius 2 is 1.35 bits per heavy atom. The van der Waals surface area contributed by atoms with Crippen molar-refractivity contribution in [1.82, 2.24) is 4.90 Å². The Kier molecular flexibility index (Phi) is 6.91. The van der Waals surface area contributed by atoms with Crippen LogP contribution in [0.2, 0.25) is 0 Å². The van der Waals surface area contributed by atoms with Crippen molar-refractivity contribution in [3.8, 4) is 5.75 Å². The van der Waals surface area contributed by atoms with Crippen molar-refractivity contribution < 1.29 is 14.7 Å². The van der Waals surface area contributed by atoms with Crippen molar-refractivity contribution in [1.29, 1.82) is 0 Å². The number of phenols is 1. The first-order valence-electron chi connectivity index (χ1n) is 10.6. The van der Waals surface area contributed by atoms with Crippen molar-refractivity contribution in [2.45, 2.75) is 45.7 Å². The summed E-state index contributed by atoms with van der Waals surface area (Å²) < 4.78 is 0. The summed E-state index contributed by atoms with van der Waals surface area (Å²) in [7, 11) is 0. The molecule has 2 atom stereocenters. The van der Waals surface area contributed by atoms with Gasteiger partial charge < -0.3 is 10.0 Å². The molecule has 1 amide bonds. The summed E-state index contributed by atoms with van der Waals surface area (Å²) in [6.45, 7) is 7.87. The zero-order chi connectivity index (χ0) is 22.5. The van der Waals surface area contributed by atoms with Crippen LogP contribution in [-0.4, -0.2) is 27.7 Å². The second-order valence-electron chi connectivity index (χ2n) is 8.15. The molecule has 0 aliphatic rings. The van der Waals surface area contributed by atoms with Crippen molar-refractivity contribution in [3.05, 3.63) is 101 Å². The highest BCUT2D eigenvalue weighted by Crippen LogP contribution is 2.29. The maximum Gasteiger partial charge on any atom is 0.230 e. The number of aromatic hydroxyl groups is 1. The third kappa shape index (κ3) is 5.02. The lowest BCUT2D eigenvalue weighted by Gasteiger charge is -2.35. The van der Waals surface area contributed by atoms with Gasteiger partial charge in [-0.05, 0) is 57.0 Å². The first kappa shape index (κ1) is 22.3. The molecule has 0 unspecified atom stereocenters. The molecule has 4 nitrogen and oxygen atoms in total. The van der Waals surface area contributed by atoms with Gasteiger partial charge in [0.25, 0.3) is 0 Å². The summed E-state index contributed by atoms with van der Waals surface area (Å²) in [5.41, 5.74) is 2.98. The summed E-state index contributed by atoms with van der Waals surface area (Å²) in [6.07, 6.45) is 0. The van der Waals surface area contributed by atoms with Gasteiger partial charge >= 0.3 is 0 Å². The van der Waals surface area contributed by atoms with E-state index in [0.717, 1.165) is 11.1 Å². The molecule has 4 heteroatoms. The third-order valence-electron chi connectivity index (χ3n) is 5.66. The number of hydrogen-bond donors (Lipinski definition) is 1. The topological polar surface area (TPSA) is 57.6 Å².